The van der Waals surface area contributed by atoms with E-state index < -0.39 is 10.0 Å². The quantitative estimate of drug-likeness (QED) is 0.705. The van der Waals surface area contributed by atoms with Crippen LogP contribution in [-0.4, -0.2) is 32.7 Å². The Balaban J connectivity index is 2.27. The molecule has 5 nitrogen and oxygen atoms in total. The Bertz CT molecular complexity index is 854. The van der Waals surface area contributed by atoms with Gasteiger partial charge in [0.25, 0.3) is 5.91 Å². The third-order valence-corrected chi connectivity index (χ3v) is 6.40. The maximum absolute atomic E-state index is 12.3. The molecule has 1 amide bonds. The molecule has 0 radical (unpaired) electrons. The maximum atomic E-state index is 12.3. The zero-order valence-corrected chi connectivity index (χ0v) is 16.1. The second-order valence-corrected chi connectivity index (χ2v) is 8.62. The lowest BCUT2D eigenvalue weighted by Gasteiger charge is -2.13. The van der Waals surface area contributed by atoms with Crippen LogP contribution in [-0.2, 0) is 10.0 Å². The average Bonchev–Trinajstić information content (AvgIpc) is 2.50. The van der Waals surface area contributed by atoms with Crippen LogP contribution in [0, 0.1) is 3.57 Å². The highest BCUT2D eigenvalue weighted by molar-refractivity contribution is 14.1. The Hall–Kier alpha value is -1.16. The second-order valence-electron chi connectivity index (χ2n) is 4.90. The van der Waals surface area contributed by atoms with E-state index in [1.807, 2.05) is 22.6 Å². The van der Waals surface area contributed by atoms with Gasteiger partial charge in [-0.2, -0.15) is 0 Å². The molecule has 122 valence electrons. The third-order valence-electron chi connectivity index (χ3n) is 3.05. The van der Waals surface area contributed by atoms with Gasteiger partial charge in [-0.15, -0.1) is 0 Å². The zero-order chi connectivity index (χ0) is 17.2. The summed E-state index contributed by atoms with van der Waals surface area (Å²) in [5.74, 6) is -0.334. The summed E-state index contributed by atoms with van der Waals surface area (Å²) >= 11 is 7.98. The molecule has 0 aromatic heterocycles. The highest BCUT2D eigenvalue weighted by atomic mass is 127. The number of hydrogen-bond donors (Lipinski definition) is 1. The number of halogens is 2. The summed E-state index contributed by atoms with van der Waals surface area (Å²) in [6.07, 6.45) is 0. The van der Waals surface area contributed by atoms with Crippen molar-refractivity contribution in [1.29, 1.82) is 0 Å². The van der Waals surface area contributed by atoms with Gasteiger partial charge in [-0.1, -0.05) is 17.7 Å². The number of carbonyl (C=O) groups is 1. The van der Waals surface area contributed by atoms with Crippen LogP contribution >= 0.6 is 34.2 Å². The lowest BCUT2D eigenvalue weighted by Crippen LogP contribution is -2.22. The van der Waals surface area contributed by atoms with E-state index in [1.165, 1.54) is 26.2 Å². The first-order valence-electron chi connectivity index (χ1n) is 6.51. The molecule has 0 aliphatic carbocycles. The van der Waals surface area contributed by atoms with E-state index in [4.69, 9.17) is 11.6 Å². The first-order valence-corrected chi connectivity index (χ1v) is 9.40. The van der Waals surface area contributed by atoms with Crippen LogP contribution in [0.5, 0.6) is 0 Å². The van der Waals surface area contributed by atoms with Crippen LogP contribution in [0.4, 0.5) is 5.69 Å². The Morgan fingerprint density at radius 3 is 2.48 bits per heavy atom. The maximum Gasteiger partial charge on any atom is 0.255 e. The number of rotatable bonds is 4. The summed E-state index contributed by atoms with van der Waals surface area (Å²) in [4.78, 5) is 12.4. The molecule has 23 heavy (non-hydrogen) atoms. The molecule has 0 atom stereocenters. The Kier molecular flexibility index (Phi) is 5.66. The third kappa shape index (κ3) is 4.23. The molecular formula is C15H14ClIN2O3S. The number of nitrogens with one attached hydrogen (secondary N) is 1. The van der Waals surface area contributed by atoms with Gasteiger partial charge < -0.3 is 5.32 Å². The van der Waals surface area contributed by atoms with Crippen molar-refractivity contribution in [1.82, 2.24) is 4.31 Å². The Morgan fingerprint density at radius 2 is 1.87 bits per heavy atom. The van der Waals surface area contributed by atoms with Crippen molar-refractivity contribution in [2.24, 2.45) is 0 Å². The van der Waals surface area contributed by atoms with Gasteiger partial charge in [0.05, 0.1) is 9.92 Å². The van der Waals surface area contributed by atoms with Crippen LogP contribution < -0.4 is 5.32 Å². The predicted octanol–water partition coefficient (Wildman–Crippen LogP) is 3.45. The minimum atomic E-state index is -3.55. The molecule has 0 fully saturated rings. The molecule has 0 bridgehead atoms. The van der Waals surface area contributed by atoms with Crippen molar-refractivity contribution in [2.45, 2.75) is 4.90 Å². The van der Waals surface area contributed by atoms with Gasteiger partial charge in [-0.05, 0) is 59.0 Å². The lowest BCUT2D eigenvalue weighted by atomic mass is 10.2. The number of carbonyl (C=O) groups excluding carboxylic acids is 1. The van der Waals surface area contributed by atoms with Crippen molar-refractivity contribution < 1.29 is 13.2 Å². The smallest absolute Gasteiger partial charge is 0.255 e. The van der Waals surface area contributed by atoms with E-state index in [2.05, 4.69) is 5.32 Å². The van der Waals surface area contributed by atoms with Crippen LogP contribution in [0.25, 0.3) is 0 Å². The summed E-state index contributed by atoms with van der Waals surface area (Å²) in [7, 11) is -0.640. The SMILES string of the molecule is CN(C)S(=O)(=O)c1cccc(NC(=O)c2ccc(Cl)c(I)c2)c1. The van der Waals surface area contributed by atoms with E-state index in [0.717, 1.165) is 7.88 Å². The number of amides is 1. The molecule has 0 aliphatic heterocycles. The summed E-state index contributed by atoms with van der Waals surface area (Å²) in [6.45, 7) is 0. The van der Waals surface area contributed by atoms with E-state index >= 15 is 0 Å². The van der Waals surface area contributed by atoms with Crippen molar-refractivity contribution in [3.8, 4) is 0 Å². The van der Waals surface area contributed by atoms with E-state index in [1.54, 1.807) is 30.3 Å². The molecule has 0 aliphatic rings. The monoisotopic (exact) mass is 464 g/mol. The Labute approximate surface area is 153 Å². The number of benzene rings is 2. The summed E-state index contributed by atoms with van der Waals surface area (Å²) in [6, 6.07) is 11.0. The van der Waals surface area contributed by atoms with Crippen molar-refractivity contribution in [3.63, 3.8) is 0 Å². The molecule has 2 aromatic carbocycles. The van der Waals surface area contributed by atoms with Crippen LogP contribution in [0.15, 0.2) is 47.4 Å². The molecular weight excluding hydrogens is 451 g/mol. The fourth-order valence-corrected chi connectivity index (χ4v) is 3.37. The van der Waals surface area contributed by atoms with Crippen molar-refractivity contribution >= 4 is 55.8 Å². The zero-order valence-electron chi connectivity index (χ0n) is 12.4. The summed E-state index contributed by atoms with van der Waals surface area (Å²) in [5.41, 5.74) is 0.850. The molecule has 0 unspecified atom stereocenters. The fraction of sp³-hybridized carbons (Fsp3) is 0.133. The van der Waals surface area contributed by atoms with Crippen LogP contribution in [0.2, 0.25) is 5.02 Å². The highest BCUT2D eigenvalue weighted by Gasteiger charge is 2.18. The Morgan fingerprint density at radius 1 is 1.17 bits per heavy atom. The molecule has 2 rings (SSSR count). The molecule has 0 saturated carbocycles. The summed E-state index contributed by atoms with van der Waals surface area (Å²) in [5, 5.41) is 3.26. The van der Waals surface area contributed by atoms with E-state index in [9.17, 15) is 13.2 Å². The number of nitrogens with zero attached hydrogens (tertiary/aromatic N) is 1. The molecule has 1 N–H and O–H groups in total. The molecule has 0 saturated heterocycles. The summed E-state index contributed by atoms with van der Waals surface area (Å²) < 4.78 is 26.1. The highest BCUT2D eigenvalue weighted by Crippen LogP contribution is 2.21. The van der Waals surface area contributed by atoms with Gasteiger partial charge in [-0.25, -0.2) is 12.7 Å². The van der Waals surface area contributed by atoms with Crippen LogP contribution in [0.1, 0.15) is 10.4 Å². The van der Waals surface area contributed by atoms with Gasteiger partial charge in [0.2, 0.25) is 10.0 Å². The standard InChI is InChI=1S/C15H14ClIN2O3S/c1-19(2)23(21,22)12-5-3-4-11(9-12)18-15(20)10-6-7-13(16)14(17)8-10/h3-9H,1-2H3,(H,18,20). The van der Waals surface area contributed by atoms with Crippen molar-refractivity contribution in [3.05, 3.63) is 56.6 Å². The van der Waals surface area contributed by atoms with Gasteiger partial charge in [0.15, 0.2) is 0 Å². The van der Waals surface area contributed by atoms with Gasteiger partial charge >= 0.3 is 0 Å². The van der Waals surface area contributed by atoms with Gasteiger partial charge in [-0.3, -0.25) is 4.79 Å². The molecule has 8 heteroatoms. The number of sulfonamides is 1. The molecule has 0 spiro atoms. The average molecular weight is 465 g/mol. The number of hydrogen-bond acceptors (Lipinski definition) is 3. The minimum Gasteiger partial charge on any atom is -0.322 e. The number of anilines is 1. The van der Waals surface area contributed by atoms with Crippen molar-refractivity contribution in [2.75, 3.05) is 19.4 Å². The minimum absolute atomic E-state index is 0.117. The van der Waals surface area contributed by atoms with Gasteiger partial charge in [0.1, 0.15) is 0 Å². The lowest BCUT2D eigenvalue weighted by molar-refractivity contribution is 0.102. The van der Waals surface area contributed by atoms with E-state index in [-0.39, 0.29) is 10.8 Å². The molecule has 0 heterocycles. The topological polar surface area (TPSA) is 66.5 Å². The largest absolute Gasteiger partial charge is 0.322 e. The molecule has 2 aromatic rings. The second kappa shape index (κ2) is 7.16. The van der Waals surface area contributed by atoms with Gasteiger partial charge in [0, 0.05) is 28.9 Å². The first kappa shape index (κ1) is 18.2. The van der Waals surface area contributed by atoms with E-state index in [0.29, 0.717) is 16.3 Å². The predicted molar refractivity (Wildman–Crippen MR) is 99.4 cm³/mol. The first-order chi connectivity index (χ1) is 10.7. The van der Waals surface area contributed by atoms with Crippen LogP contribution in [0.3, 0.4) is 0 Å². The fourth-order valence-electron chi connectivity index (χ4n) is 1.79. The normalized spacial score (nSPS) is 11.5.